The van der Waals surface area contributed by atoms with Crippen LogP contribution >= 0.6 is 0 Å². The van der Waals surface area contributed by atoms with E-state index in [0.29, 0.717) is 17.6 Å². The summed E-state index contributed by atoms with van der Waals surface area (Å²) in [5, 5.41) is 0. The number of hydrogen-bond acceptors (Lipinski definition) is 2. The molecule has 1 rings (SSSR count). The van der Waals surface area contributed by atoms with Crippen molar-refractivity contribution < 1.29 is 4.74 Å². The van der Waals surface area contributed by atoms with Crippen molar-refractivity contribution in [3.63, 3.8) is 0 Å². The molecule has 0 aliphatic heterocycles. The minimum Gasteiger partial charge on any atom is -0.376 e. The van der Waals surface area contributed by atoms with Crippen LogP contribution in [-0.4, -0.2) is 36.7 Å². The Balaban J connectivity index is 2.31. The lowest BCUT2D eigenvalue weighted by molar-refractivity contribution is -0.0260. The Bertz CT molecular complexity index is 211. The summed E-state index contributed by atoms with van der Waals surface area (Å²) < 4.78 is 5.90. The van der Waals surface area contributed by atoms with Crippen LogP contribution in [0.15, 0.2) is 0 Å². The summed E-state index contributed by atoms with van der Waals surface area (Å²) >= 11 is 0. The predicted molar refractivity (Wildman–Crippen MR) is 74.4 cm³/mol. The zero-order valence-corrected chi connectivity index (χ0v) is 12.6. The van der Waals surface area contributed by atoms with Crippen LogP contribution in [0.25, 0.3) is 0 Å². The van der Waals surface area contributed by atoms with Crippen LogP contribution in [0.5, 0.6) is 0 Å². The molecule has 0 aromatic heterocycles. The van der Waals surface area contributed by atoms with E-state index in [0.717, 1.165) is 6.04 Å². The highest BCUT2D eigenvalue weighted by atomic mass is 16.5. The second kappa shape index (κ2) is 6.19. The molecule has 0 spiro atoms. The summed E-state index contributed by atoms with van der Waals surface area (Å²) in [5.41, 5.74) is 0.403. The van der Waals surface area contributed by atoms with Crippen molar-refractivity contribution in [2.75, 3.05) is 13.6 Å². The number of rotatable bonds is 4. The van der Waals surface area contributed by atoms with Gasteiger partial charge in [0.1, 0.15) is 0 Å². The van der Waals surface area contributed by atoms with Crippen LogP contribution in [-0.2, 0) is 4.74 Å². The zero-order chi connectivity index (χ0) is 13.1. The third kappa shape index (κ3) is 5.87. The average Bonchev–Trinajstić information content (AvgIpc) is 2.15. The average molecular weight is 241 g/mol. The van der Waals surface area contributed by atoms with Gasteiger partial charge in [0.25, 0.3) is 0 Å². The Kier molecular flexibility index (Phi) is 5.46. The van der Waals surface area contributed by atoms with Gasteiger partial charge < -0.3 is 9.64 Å². The minimum absolute atomic E-state index is 0.379. The van der Waals surface area contributed by atoms with Crippen molar-refractivity contribution in [3.8, 4) is 0 Å². The predicted octanol–water partition coefficient (Wildman–Crippen LogP) is 3.70. The monoisotopic (exact) mass is 241 g/mol. The molecule has 0 bridgehead atoms. The Morgan fingerprint density at radius 1 is 1.12 bits per heavy atom. The first-order valence-electron chi connectivity index (χ1n) is 7.13. The molecule has 2 nitrogen and oxygen atoms in total. The van der Waals surface area contributed by atoms with E-state index in [9.17, 15) is 0 Å². The molecule has 1 saturated carbocycles. The van der Waals surface area contributed by atoms with Crippen LogP contribution in [0.4, 0.5) is 0 Å². The second-order valence-corrected chi connectivity index (χ2v) is 7.09. The van der Waals surface area contributed by atoms with Gasteiger partial charge in [-0.25, -0.2) is 0 Å². The van der Waals surface area contributed by atoms with Crippen molar-refractivity contribution in [1.82, 2.24) is 4.90 Å². The molecule has 0 aromatic rings. The molecule has 102 valence electrons. The fourth-order valence-corrected chi connectivity index (χ4v) is 2.88. The molecule has 0 amide bonds. The first kappa shape index (κ1) is 15.0. The highest BCUT2D eigenvalue weighted by Crippen LogP contribution is 2.27. The van der Waals surface area contributed by atoms with Gasteiger partial charge in [0.2, 0.25) is 0 Å². The SMILES string of the molecule is CC(C)O[C@H]1CC[C@@H](N(C)CC(C)(C)C)CC1. The van der Waals surface area contributed by atoms with Crippen molar-refractivity contribution >= 4 is 0 Å². The van der Waals surface area contributed by atoms with E-state index in [1.165, 1.54) is 32.2 Å². The van der Waals surface area contributed by atoms with Crippen molar-refractivity contribution in [2.24, 2.45) is 5.41 Å². The zero-order valence-electron chi connectivity index (χ0n) is 12.6. The molecule has 0 atom stereocenters. The fourth-order valence-electron chi connectivity index (χ4n) is 2.88. The standard InChI is InChI=1S/C15H31NO/c1-12(2)17-14-9-7-13(8-10-14)16(6)11-15(3,4)5/h12-14H,7-11H2,1-6H3/t13-,14+. The van der Waals surface area contributed by atoms with Crippen LogP contribution < -0.4 is 0 Å². The molecule has 1 aliphatic carbocycles. The lowest BCUT2D eigenvalue weighted by atomic mass is 9.89. The smallest absolute Gasteiger partial charge is 0.0579 e. The van der Waals surface area contributed by atoms with Crippen LogP contribution in [0.3, 0.4) is 0 Å². The van der Waals surface area contributed by atoms with Gasteiger partial charge in [0.15, 0.2) is 0 Å². The van der Waals surface area contributed by atoms with Gasteiger partial charge in [0.05, 0.1) is 12.2 Å². The summed E-state index contributed by atoms with van der Waals surface area (Å²) in [6.07, 6.45) is 5.95. The van der Waals surface area contributed by atoms with Crippen molar-refractivity contribution in [2.45, 2.75) is 78.6 Å². The van der Waals surface area contributed by atoms with E-state index in [1.54, 1.807) is 0 Å². The maximum Gasteiger partial charge on any atom is 0.0579 e. The lowest BCUT2D eigenvalue weighted by Crippen LogP contribution is -2.41. The van der Waals surface area contributed by atoms with Gasteiger partial charge in [-0.3, -0.25) is 0 Å². The van der Waals surface area contributed by atoms with Gasteiger partial charge >= 0.3 is 0 Å². The molecule has 0 unspecified atom stereocenters. The molecule has 0 radical (unpaired) electrons. The first-order chi connectivity index (χ1) is 7.78. The van der Waals surface area contributed by atoms with Gasteiger partial charge in [-0.15, -0.1) is 0 Å². The molecular weight excluding hydrogens is 210 g/mol. The lowest BCUT2D eigenvalue weighted by Gasteiger charge is -2.38. The van der Waals surface area contributed by atoms with E-state index >= 15 is 0 Å². The molecule has 2 heteroatoms. The quantitative estimate of drug-likeness (QED) is 0.744. The van der Waals surface area contributed by atoms with E-state index < -0.39 is 0 Å². The highest BCUT2D eigenvalue weighted by molar-refractivity contribution is 4.81. The van der Waals surface area contributed by atoms with Crippen LogP contribution in [0.2, 0.25) is 0 Å². The highest BCUT2D eigenvalue weighted by Gasteiger charge is 2.26. The maximum atomic E-state index is 5.90. The molecule has 1 aliphatic rings. The Labute approximate surface area is 108 Å². The fraction of sp³-hybridized carbons (Fsp3) is 1.00. The third-order valence-corrected chi connectivity index (χ3v) is 3.46. The Morgan fingerprint density at radius 3 is 2.06 bits per heavy atom. The largest absolute Gasteiger partial charge is 0.376 e. The van der Waals surface area contributed by atoms with Gasteiger partial charge in [0, 0.05) is 12.6 Å². The maximum absolute atomic E-state index is 5.90. The van der Waals surface area contributed by atoms with E-state index in [1.807, 2.05) is 0 Å². The van der Waals surface area contributed by atoms with E-state index in [-0.39, 0.29) is 0 Å². The summed E-state index contributed by atoms with van der Waals surface area (Å²) in [4.78, 5) is 2.55. The molecule has 1 fully saturated rings. The van der Waals surface area contributed by atoms with Gasteiger partial charge in [-0.05, 0) is 52.0 Å². The summed E-state index contributed by atoms with van der Waals surface area (Å²) in [5.74, 6) is 0. The first-order valence-corrected chi connectivity index (χ1v) is 7.13. The molecular formula is C15H31NO. The van der Waals surface area contributed by atoms with Crippen molar-refractivity contribution in [3.05, 3.63) is 0 Å². The molecule has 0 aromatic carbocycles. The number of hydrogen-bond donors (Lipinski definition) is 0. The Morgan fingerprint density at radius 2 is 1.65 bits per heavy atom. The summed E-state index contributed by atoms with van der Waals surface area (Å²) in [7, 11) is 2.28. The normalized spacial score (nSPS) is 26.8. The van der Waals surface area contributed by atoms with Crippen LogP contribution in [0, 0.1) is 5.41 Å². The topological polar surface area (TPSA) is 12.5 Å². The van der Waals surface area contributed by atoms with E-state index in [2.05, 4.69) is 46.6 Å². The Hall–Kier alpha value is -0.0800. The minimum atomic E-state index is 0.379. The molecule has 17 heavy (non-hydrogen) atoms. The van der Waals surface area contributed by atoms with Gasteiger partial charge in [-0.1, -0.05) is 20.8 Å². The van der Waals surface area contributed by atoms with Crippen LogP contribution in [0.1, 0.15) is 60.3 Å². The molecule has 0 N–H and O–H groups in total. The second-order valence-electron chi connectivity index (χ2n) is 7.09. The molecule has 0 heterocycles. The van der Waals surface area contributed by atoms with Gasteiger partial charge in [-0.2, -0.15) is 0 Å². The van der Waals surface area contributed by atoms with Crippen molar-refractivity contribution in [1.29, 1.82) is 0 Å². The summed E-state index contributed by atoms with van der Waals surface area (Å²) in [6.45, 7) is 12.4. The number of ether oxygens (including phenoxy) is 1. The number of nitrogens with zero attached hydrogens (tertiary/aromatic N) is 1. The molecule has 0 saturated heterocycles. The third-order valence-electron chi connectivity index (χ3n) is 3.46. The summed E-state index contributed by atoms with van der Waals surface area (Å²) in [6, 6.07) is 0.765. The van der Waals surface area contributed by atoms with E-state index in [4.69, 9.17) is 4.74 Å².